The van der Waals surface area contributed by atoms with Gasteiger partial charge in [0.15, 0.2) is 0 Å². The zero-order valence-electron chi connectivity index (χ0n) is 9.21. The van der Waals surface area contributed by atoms with Crippen molar-refractivity contribution in [1.29, 1.82) is 0 Å². The molecule has 1 aliphatic heterocycles. The van der Waals surface area contributed by atoms with Crippen LogP contribution in [0.4, 0.5) is 0 Å². The first-order valence-corrected chi connectivity index (χ1v) is 5.78. The van der Waals surface area contributed by atoms with E-state index in [0.29, 0.717) is 0 Å². The summed E-state index contributed by atoms with van der Waals surface area (Å²) in [6, 6.07) is 0. The fraction of sp³-hybridized carbons (Fsp3) is 1.00. The number of likely N-dealkylation sites (tertiary alicyclic amines) is 1. The van der Waals surface area contributed by atoms with Crippen LogP contribution in [0.5, 0.6) is 0 Å². The molecule has 1 fully saturated rings. The Morgan fingerprint density at radius 3 is 2.21 bits per heavy atom. The summed E-state index contributed by atoms with van der Waals surface area (Å²) >= 11 is 0. The van der Waals surface area contributed by atoms with Crippen LogP contribution in [0, 0.1) is 0 Å². The molecule has 0 spiro atoms. The predicted octanol–water partition coefficient (Wildman–Crippen LogP) is 0.977. The van der Waals surface area contributed by atoms with Gasteiger partial charge in [0.25, 0.3) is 0 Å². The molecule has 0 aromatic rings. The van der Waals surface area contributed by atoms with E-state index in [4.69, 9.17) is 9.47 Å². The van der Waals surface area contributed by atoms with Gasteiger partial charge in [0.2, 0.25) is 0 Å². The average Bonchev–Trinajstić information content (AvgIpc) is 2.27. The van der Waals surface area contributed by atoms with Crippen molar-refractivity contribution in [3.8, 4) is 0 Å². The van der Waals surface area contributed by atoms with E-state index in [-0.39, 0.29) is 0 Å². The van der Waals surface area contributed by atoms with Gasteiger partial charge in [-0.05, 0) is 25.9 Å². The monoisotopic (exact) mass is 214 g/mol. The van der Waals surface area contributed by atoms with Gasteiger partial charge in [-0.3, -0.25) is 0 Å². The molecule has 3 nitrogen and oxygen atoms in total. The SMILES string of the molecule is COC([Si])(CCN1CCCCC1)OC. The van der Waals surface area contributed by atoms with Gasteiger partial charge in [-0.2, -0.15) is 0 Å². The topological polar surface area (TPSA) is 21.7 Å². The maximum absolute atomic E-state index is 5.24. The number of nitrogens with zero attached hydrogens (tertiary/aromatic N) is 1. The first-order valence-electron chi connectivity index (χ1n) is 5.28. The van der Waals surface area contributed by atoms with Crippen molar-refractivity contribution in [1.82, 2.24) is 4.90 Å². The Morgan fingerprint density at radius 1 is 1.14 bits per heavy atom. The van der Waals surface area contributed by atoms with Crippen LogP contribution in [-0.2, 0) is 9.47 Å². The summed E-state index contributed by atoms with van der Waals surface area (Å²) < 4.78 is 10.5. The number of methoxy groups -OCH3 is 2. The van der Waals surface area contributed by atoms with Crippen molar-refractivity contribution in [3.63, 3.8) is 0 Å². The van der Waals surface area contributed by atoms with Crippen molar-refractivity contribution in [2.45, 2.75) is 31.1 Å². The third-order valence-electron chi connectivity index (χ3n) is 2.87. The molecule has 0 aliphatic carbocycles. The summed E-state index contributed by atoms with van der Waals surface area (Å²) in [6.07, 6.45) is 4.89. The number of hydrogen-bond acceptors (Lipinski definition) is 3. The van der Waals surface area contributed by atoms with E-state index in [1.54, 1.807) is 14.2 Å². The third-order valence-corrected chi connectivity index (χ3v) is 3.52. The molecule has 1 heterocycles. The van der Waals surface area contributed by atoms with E-state index >= 15 is 0 Å². The average molecular weight is 214 g/mol. The van der Waals surface area contributed by atoms with Crippen LogP contribution in [0.25, 0.3) is 0 Å². The Labute approximate surface area is 90.2 Å². The van der Waals surface area contributed by atoms with Crippen molar-refractivity contribution >= 4 is 10.2 Å². The van der Waals surface area contributed by atoms with Crippen LogP contribution >= 0.6 is 0 Å². The van der Waals surface area contributed by atoms with E-state index in [9.17, 15) is 0 Å². The number of rotatable bonds is 5. The molecule has 1 rings (SSSR count). The second-order valence-electron chi connectivity index (χ2n) is 3.81. The smallest absolute Gasteiger partial charge is 0.144 e. The minimum atomic E-state index is -0.600. The van der Waals surface area contributed by atoms with Gasteiger partial charge < -0.3 is 14.4 Å². The van der Waals surface area contributed by atoms with Gasteiger partial charge >= 0.3 is 0 Å². The molecule has 1 aliphatic rings. The van der Waals surface area contributed by atoms with Gasteiger partial charge in [-0.15, -0.1) is 0 Å². The molecule has 4 heteroatoms. The highest BCUT2D eigenvalue weighted by Gasteiger charge is 2.23. The van der Waals surface area contributed by atoms with Crippen molar-refractivity contribution in [3.05, 3.63) is 0 Å². The molecule has 0 saturated carbocycles. The zero-order valence-corrected chi connectivity index (χ0v) is 10.2. The second-order valence-corrected chi connectivity index (χ2v) is 4.58. The molecule has 0 atom stereocenters. The minimum absolute atomic E-state index is 0.600. The molecule has 0 unspecified atom stereocenters. The van der Waals surface area contributed by atoms with Crippen molar-refractivity contribution in [2.75, 3.05) is 33.9 Å². The largest absolute Gasteiger partial charge is 0.358 e. The molecule has 0 N–H and O–H groups in total. The maximum Gasteiger partial charge on any atom is 0.144 e. The third kappa shape index (κ3) is 3.69. The van der Waals surface area contributed by atoms with Crippen molar-refractivity contribution < 1.29 is 9.47 Å². The molecule has 14 heavy (non-hydrogen) atoms. The fourth-order valence-corrected chi connectivity index (χ4v) is 1.89. The standard InChI is InChI=1S/C10H20NO2Si/c1-12-10(14,13-2)6-9-11-7-4-3-5-8-11/h3-9H2,1-2H3. The molecule has 0 aromatic carbocycles. The summed E-state index contributed by atoms with van der Waals surface area (Å²) in [4.78, 5) is 2.47. The highest BCUT2D eigenvalue weighted by Crippen LogP contribution is 2.15. The molecule has 0 aromatic heterocycles. The molecule has 3 radical (unpaired) electrons. The lowest BCUT2D eigenvalue weighted by Crippen LogP contribution is -2.40. The quantitative estimate of drug-likeness (QED) is 0.503. The lowest BCUT2D eigenvalue weighted by atomic mass is 10.1. The predicted molar refractivity (Wildman–Crippen MR) is 57.4 cm³/mol. The number of hydrogen-bond donors (Lipinski definition) is 0. The van der Waals surface area contributed by atoms with Crippen LogP contribution < -0.4 is 0 Å². The fourth-order valence-electron chi connectivity index (χ4n) is 1.78. The van der Waals surface area contributed by atoms with Gasteiger partial charge in [-0.1, -0.05) is 6.42 Å². The Morgan fingerprint density at radius 2 is 1.71 bits per heavy atom. The molecular weight excluding hydrogens is 194 g/mol. The summed E-state index contributed by atoms with van der Waals surface area (Å²) in [5, 5.41) is 0. The number of piperidine rings is 1. The van der Waals surface area contributed by atoms with E-state index in [2.05, 4.69) is 15.1 Å². The Bertz CT molecular complexity index is 156. The van der Waals surface area contributed by atoms with E-state index in [1.165, 1.54) is 32.4 Å². The minimum Gasteiger partial charge on any atom is -0.358 e. The lowest BCUT2D eigenvalue weighted by Gasteiger charge is -2.32. The van der Waals surface area contributed by atoms with Gasteiger partial charge in [-0.25, -0.2) is 0 Å². The van der Waals surface area contributed by atoms with Crippen LogP contribution in [0.1, 0.15) is 25.7 Å². The van der Waals surface area contributed by atoms with Crippen LogP contribution in [0.3, 0.4) is 0 Å². The summed E-state index contributed by atoms with van der Waals surface area (Å²) in [5.41, 5.74) is -0.600. The van der Waals surface area contributed by atoms with Crippen LogP contribution in [0.15, 0.2) is 0 Å². The summed E-state index contributed by atoms with van der Waals surface area (Å²) in [5.74, 6) is 0. The summed E-state index contributed by atoms with van der Waals surface area (Å²) in [6.45, 7) is 3.47. The molecule has 0 bridgehead atoms. The van der Waals surface area contributed by atoms with Crippen LogP contribution in [-0.4, -0.2) is 54.4 Å². The van der Waals surface area contributed by atoms with Crippen molar-refractivity contribution in [2.24, 2.45) is 0 Å². The maximum atomic E-state index is 5.24. The lowest BCUT2D eigenvalue weighted by molar-refractivity contribution is -0.148. The van der Waals surface area contributed by atoms with Crippen LogP contribution in [0.2, 0.25) is 0 Å². The Kier molecular flexibility index (Phi) is 5.09. The van der Waals surface area contributed by atoms with E-state index in [1.807, 2.05) is 0 Å². The Balaban J connectivity index is 2.23. The number of ether oxygens (including phenoxy) is 2. The molecule has 0 amide bonds. The summed E-state index contributed by atoms with van der Waals surface area (Å²) in [7, 11) is 6.81. The van der Waals surface area contributed by atoms with Gasteiger partial charge in [0.05, 0.1) is 0 Å². The normalized spacial score (nSPS) is 19.9. The Hall–Kier alpha value is 0.0969. The van der Waals surface area contributed by atoms with Gasteiger partial charge in [0.1, 0.15) is 15.7 Å². The van der Waals surface area contributed by atoms with Gasteiger partial charge in [0, 0.05) is 27.2 Å². The zero-order chi connectivity index (χ0) is 10.4. The highest BCUT2D eigenvalue weighted by atomic mass is 28.1. The molecule has 1 saturated heterocycles. The first-order chi connectivity index (χ1) is 6.70. The van der Waals surface area contributed by atoms with E-state index in [0.717, 1.165) is 13.0 Å². The van der Waals surface area contributed by atoms with E-state index < -0.39 is 5.41 Å². The highest BCUT2D eigenvalue weighted by molar-refractivity contribution is 6.13. The second kappa shape index (κ2) is 5.85. The molecular formula is C10H20NO2Si. The first kappa shape index (κ1) is 12.2. The molecule has 81 valence electrons.